The van der Waals surface area contributed by atoms with Crippen LogP contribution < -0.4 is 10.1 Å². The number of aromatic nitrogens is 3. The second kappa shape index (κ2) is 9.36. The topological polar surface area (TPSA) is 69.0 Å². The summed E-state index contributed by atoms with van der Waals surface area (Å²) in [4.78, 5) is 13.0. The smallest absolute Gasteiger partial charge is 0.276 e. The van der Waals surface area contributed by atoms with E-state index in [4.69, 9.17) is 4.74 Å². The van der Waals surface area contributed by atoms with Crippen molar-refractivity contribution in [3.05, 3.63) is 60.0 Å². The van der Waals surface area contributed by atoms with Crippen LogP contribution in [0.15, 0.2) is 48.5 Å². The molecule has 0 aliphatic carbocycles. The number of ether oxygens (including phenoxy) is 1. The number of nitrogens with zero attached hydrogens (tertiary/aromatic N) is 3. The molecule has 1 N–H and O–H groups in total. The average molecular weight is 400 g/mol. The Morgan fingerprint density at radius 1 is 1.14 bits per heavy atom. The number of thioether (sulfide) groups is 1. The van der Waals surface area contributed by atoms with Gasteiger partial charge >= 0.3 is 0 Å². The molecule has 0 radical (unpaired) electrons. The molecule has 1 amide bonds. The summed E-state index contributed by atoms with van der Waals surface area (Å²) in [6.07, 6.45) is 0. The van der Waals surface area contributed by atoms with Crippen LogP contribution in [0.5, 0.6) is 5.75 Å². The molecule has 2 aromatic carbocycles. The van der Waals surface area contributed by atoms with Gasteiger partial charge in [0, 0.05) is 11.3 Å². The summed E-state index contributed by atoms with van der Waals surface area (Å²) in [5, 5.41) is 11.2. The largest absolute Gasteiger partial charge is 0.494 e. The second-order valence-electron chi connectivity index (χ2n) is 5.83. The first-order valence-electron chi connectivity index (χ1n) is 8.93. The average Bonchev–Trinajstić information content (AvgIpc) is 3.12. The van der Waals surface area contributed by atoms with Gasteiger partial charge in [-0.25, -0.2) is 9.07 Å². The van der Waals surface area contributed by atoms with Gasteiger partial charge in [-0.3, -0.25) is 4.79 Å². The summed E-state index contributed by atoms with van der Waals surface area (Å²) in [5.74, 6) is 1.43. The molecule has 0 aliphatic heterocycles. The molecule has 0 fully saturated rings. The third-order valence-corrected chi connectivity index (χ3v) is 4.74. The molecule has 28 heavy (non-hydrogen) atoms. The third-order valence-electron chi connectivity index (χ3n) is 3.91. The summed E-state index contributed by atoms with van der Waals surface area (Å²) in [5.41, 5.74) is 2.02. The summed E-state index contributed by atoms with van der Waals surface area (Å²) >= 11 is 1.62. The SMILES string of the molecule is CCOc1ccc(NC(=O)c2c(-c3ccc(F)cc3)nnn2CSCC)cc1. The zero-order chi connectivity index (χ0) is 19.9. The van der Waals surface area contributed by atoms with Gasteiger partial charge in [-0.05, 0) is 61.2 Å². The minimum Gasteiger partial charge on any atom is -0.494 e. The van der Waals surface area contributed by atoms with E-state index in [1.54, 1.807) is 52.8 Å². The lowest BCUT2D eigenvalue weighted by Gasteiger charge is -2.10. The Balaban J connectivity index is 1.89. The van der Waals surface area contributed by atoms with Gasteiger partial charge in [0.15, 0.2) is 5.69 Å². The van der Waals surface area contributed by atoms with E-state index in [0.717, 1.165) is 11.5 Å². The second-order valence-corrected chi connectivity index (χ2v) is 7.07. The highest BCUT2D eigenvalue weighted by atomic mass is 32.2. The fourth-order valence-corrected chi connectivity index (χ4v) is 3.14. The number of halogens is 1. The van der Waals surface area contributed by atoms with E-state index in [-0.39, 0.29) is 11.7 Å². The number of hydrogen-bond donors (Lipinski definition) is 1. The zero-order valence-electron chi connectivity index (χ0n) is 15.7. The highest BCUT2D eigenvalue weighted by Gasteiger charge is 2.22. The highest BCUT2D eigenvalue weighted by Crippen LogP contribution is 2.24. The number of nitrogens with one attached hydrogen (secondary N) is 1. The first-order valence-corrected chi connectivity index (χ1v) is 10.1. The fourth-order valence-electron chi connectivity index (χ4n) is 2.60. The van der Waals surface area contributed by atoms with Gasteiger partial charge in [-0.15, -0.1) is 16.9 Å². The van der Waals surface area contributed by atoms with Crippen LogP contribution in [-0.4, -0.2) is 33.3 Å². The predicted molar refractivity (Wildman–Crippen MR) is 109 cm³/mol. The lowest BCUT2D eigenvalue weighted by atomic mass is 10.1. The van der Waals surface area contributed by atoms with Gasteiger partial charge in [0.2, 0.25) is 0 Å². The molecule has 0 atom stereocenters. The van der Waals surface area contributed by atoms with Crippen LogP contribution in [0.3, 0.4) is 0 Å². The van der Waals surface area contributed by atoms with Crippen LogP contribution in [0.1, 0.15) is 24.3 Å². The van der Waals surface area contributed by atoms with E-state index in [0.29, 0.717) is 35.1 Å². The molecule has 0 saturated carbocycles. The number of rotatable bonds is 8. The van der Waals surface area contributed by atoms with Crippen molar-refractivity contribution in [3.63, 3.8) is 0 Å². The number of anilines is 1. The van der Waals surface area contributed by atoms with E-state index in [2.05, 4.69) is 15.6 Å². The molecule has 146 valence electrons. The molecule has 0 saturated heterocycles. The number of carbonyl (C=O) groups is 1. The molecule has 0 unspecified atom stereocenters. The van der Waals surface area contributed by atoms with Gasteiger partial charge in [0.05, 0.1) is 12.5 Å². The van der Waals surface area contributed by atoms with Gasteiger partial charge in [0.1, 0.15) is 17.3 Å². The zero-order valence-corrected chi connectivity index (χ0v) is 16.5. The van der Waals surface area contributed by atoms with Crippen molar-refractivity contribution in [2.24, 2.45) is 0 Å². The summed E-state index contributed by atoms with van der Waals surface area (Å²) in [6.45, 7) is 4.52. The normalized spacial score (nSPS) is 10.7. The van der Waals surface area contributed by atoms with Gasteiger partial charge in [-0.2, -0.15) is 0 Å². The monoisotopic (exact) mass is 400 g/mol. The van der Waals surface area contributed by atoms with E-state index >= 15 is 0 Å². The van der Waals surface area contributed by atoms with Crippen molar-refractivity contribution in [1.29, 1.82) is 0 Å². The van der Waals surface area contributed by atoms with Gasteiger partial charge < -0.3 is 10.1 Å². The molecule has 0 bridgehead atoms. The van der Waals surface area contributed by atoms with Crippen LogP contribution in [0.25, 0.3) is 11.3 Å². The molecule has 3 aromatic rings. The maximum Gasteiger partial charge on any atom is 0.276 e. The Hall–Kier alpha value is -2.87. The third kappa shape index (κ3) is 4.69. The molecular formula is C20H21FN4O2S. The quantitative estimate of drug-likeness (QED) is 0.605. The molecule has 8 heteroatoms. The van der Waals surface area contributed by atoms with Crippen LogP contribution >= 0.6 is 11.8 Å². The molecule has 3 rings (SSSR count). The standard InChI is InChI=1S/C20H21FN4O2S/c1-3-27-17-11-9-16(10-12-17)22-20(26)19-18(14-5-7-15(21)8-6-14)23-24-25(19)13-28-4-2/h5-12H,3-4,13H2,1-2H3,(H,22,26). The first-order chi connectivity index (χ1) is 13.6. The Labute approximate surface area is 167 Å². The summed E-state index contributed by atoms with van der Waals surface area (Å²) in [7, 11) is 0. The predicted octanol–water partition coefficient (Wildman–Crippen LogP) is 4.45. The lowest BCUT2D eigenvalue weighted by Crippen LogP contribution is -2.18. The van der Waals surface area contributed by atoms with Crippen LogP contribution in [0, 0.1) is 5.82 Å². The highest BCUT2D eigenvalue weighted by molar-refractivity contribution is 7.98. The van der Waals surface area contributed by atoms with Crippen LogP contribution in [0.2, 0.25) is 0 Å². The number of amides is 1. The van der Waals surface area contributed by atoms with Crippen LogP contribution in [0.4, 0.5) is 10.1 Å². The maximum atomic E-state index is 13.3. The lowest BCUT2D eigenvalue weighted by molar-refractivity contribution is 0.101. The Bertz CT molecular complexity index is 926. The number of benzene rings is 2. The van der Waals surface area contributed by atoms with Gasteiger partial charge in [0.25, 0.3) is 5.91 Å². The van der Waals surface area contributed by atoms with Crippen molar-refractivity contribution in [2.75, 3.05) is 17.7 Å². The Morgan fingerprint density at radius 2 is 1.86 bits per heavy atom. The molecule has 6 nitrogen and oxygen atoms in total. The first kappa shape index (κ1) is 19.9. The molecule has 0 spiro atoms. The Kier molecular flexibility index (Phi) is 6.65. The molecule has 1 heterocycles. The molecule has 1 aromatic heterocycles. The Morgan fingerprint density at radius 3 is 2.50 bits per heavy atom. The summed E-state index contributed by atoms with van der Waals surface area (Å²) in [6, 6.07) is 13.0. The van der Waals surface area contributed by atoms with E-state index in [1.807, 2.05) is 13.8 Å². The van der Waals surface area contributed by atoms with E-state index < -0.39 is 0 Å². The number of hydrogen-bond acceptors (Lipinski definition) is 5. The minimum absolute atomic E-state index is 0.329. The van der Waals surface area contributed by atoms with Crippen molar-refractivity contribution >= 4 is 23.4 Å². The fraction of sp³-hybridized carbons (Fsp3) is 0.250. The van der Waals surface area contributed by atoms with E-state index in [9.17, 15) is 9.18 Å². The van der Waals surface area contributed by atoms with Gasteiger partial charge in [-0.1, -0.05) is 12.1 Å². The minimum atomic E-state index is -0.349. The van der Waals surface area contributed by atoms with Crippen LogP contribution in [-0.2, 0) is 5.88 Å². The van der Waals surface area contributed by atoms with Crippen molar-refractivity contribution in [3.8, 4) is 17.0 Å². The maximum absolute atomic E-state index is 13.3. The summed E-state index contributed by atoms with van der Waals surface area (Å²) < 4.78 is 20.3. The molecule has 0 aliphatic rings. The number of carbonyl (C=O) groups excluding carboxylic acids is 1. The van der Waals surface area contributed by atoms with Crippen molar-refractivity contribution < 1.29 is 13.9 Å². The molecular weight excluding hydrogens is 379 g/mol. The van der Waals surface area contributed by atoms with Crippen molar-refractivity contribution in [1.82, 2.24) is 15.0 Å². The van der Waals surface area contributed by atoms with Crippen molar-refractivity contribution in [2.45, 2.75) is 19.7 Å². The van der Waals surface area contributed by atoms with E-state index in [1.165, 1.54) is 12.1 Å².